The fourth-order valence-corrected chi connectivity index (χ4v) is 1.24. The summed E-state index contributed by atoms with van der Waals surface area (Å²) in [5.74, 6) is 0.252. The van der Waals surface area contributed by atoms with Crippen molar-refractivity contribution in [2.45, 2.75) is 12.8 Å². The van der Waals surface area contributed by atoms with E-state index < -0.39 is 0 Å². The van der Waals surface area contributed by atoms with Gasteiger partial charge < -0.3 is 14.6 Å². The highest BCUT2D eigenvalue weighted by atomic mass is 16.5. The van der Waals surface area contributed by atoms with Gasteiger partial charge in [0.05, 0.1) is 14.2 Å². The zero-order valence-electron chi connectivity index (χ0n) is 8.82. The average Bonchev–Trinajstić information content (AvgIpc) is 2.26. The highest BCUT2D eigenvalue weighted by molar-refractivity contribution is 5.69. The van der Waals surface area contributed by atoms with Gasteiger partial charge in [-0.1, -0.05) is 6.07 Å². The third-order valence-electron chi connectivity index (χ3n) is 2.09. The molecule has 0 unspecified atom stereocenters. The Bertz CT molecular complexity index is 346. The molecular formula is C11H14O4. The quantitative estimate of drug-likeness (QED) is 0.765. The lowest BCUT2D eigenvalue weighted by Crippen LogP contribution is -2.01. The van der Waals surface area contributed by atoms with Crippen LogP contribution in [0.25, 0.3) is 0 Å². The normalized spacial score (nSPS) is 9.73. The van der Waals surface area contributed by atoms with Crippen LogP contribution >= 0.6 is 0 Å². The van der Waals surface area contributed by atoms with E-state index in [1.54, 1.807) is 12.1 Å². The largest absolute Gasteiger partial charge is 0.504 e. The van der Waals surface area contributed by atoms with Gasteiger partial charge in [-0.2, -0.15) is 0 Å². The molecule has 0 fully saturated rings. The minimum absolute atomic E-state index is 0.0832. The molecule has 0 bridgehead atoms. The van der Waals surface area contributed by atoms with Gasteiger partial charge >= 0.3 is 5.97 Å². The third-order valence-corrected chi connectivity index (χ3v) is 2.09. The minimum atomic E-state index is -0.259. The Morgan fingerprint density at radius 3 is 2.67 bits per heavy atom. The molecule has 0 aliphatic heterocycles. The molecule has 15 heavy (non-hydrogen) atoms. The van der Waals surface area contributed by atoms with Crippen LogP contribution in [0.5, 0.6) is 11.5 Å². The summed E-state index contributed by atoms with van der Waals surface area (Å²) >= 11 is 0. The Labute approximate surface area is 88.4 Å². The molecule has 4 heteroatoms. The lowest BCUT2D eigenvalue weighted by molar-refractivity contribution is -0.140. The molecule has 0 aliphatic rings. The van der Waals surface area contributed by atoms with Crippen molar-refractivity contribution in [3.8, 4) is 11.5 Å². The van der Waals surface area contributed by atoms with Crippen molar-refractivity contribution < 1.29 is 19.4 Å². The predicted molar refractivity (Wildman–Crippen MR) is 55.0 cm³/mol. The second-order valence-electron chi connectivity index (χ2n) is 3.08. The van der Waals surface area contributed by atoms with Crippen molar-refractivity contribution in [2.75, 3.05) is 14.2 Å². The molecule has 1 N–H and O–H groups in total. The predicted octanol–water partition coefficient (Wildman–Crippen LogP) is 1.51. The number of methoxy groups -OCH3 is 2. The number of ether oxygens (including phenoxy) is 2. The van der Waals surface area contributed by atoms with E-state index in [2.05, 4.69) is 4.74 Å². The molecule has 0 saturated heterocycles. The van der Waals surface area contributed by atoms with Gasteiger partial charge in [-0.15, -0.1) is 0 Å². The second-order valence-corrected chi connectivity index (χ2v) is 3.08. The van der Waals surface area contributed by atoms with Crippen LogP contribution in [0.2, 0.25) is 0 Å². The SMILES string of the molecule is COC(=O)CCc1ccc(OC)c(O)c1. The van der Waals surface area contributed by atoms with Crippen LogP contribution in [0, 0.1) is 0 Å². The summed E-state index contributed by atoms with van der Waals surface area (Å²) < 4.78 is 9.43. The molecular weight excluding hydrogens is 196 g/mol. The monoisotopic (exact) mass is 210 g/mol. The number of rotatable bonds is 4. The summed E-state index contributed by atoms with van der Waals surface area (Å²) in [5.41, 5.74) is 0.874. The van der Waals surface area contributed by atoms with E-state index in [9.17, 15) is 9.90 Å². The van der Waals surface area contributed by atoms with Crippen LogP contribution in [-0.4, -0.2) is 25.3 Å². The smallest absolute Gasteiger partial charge is 0.305 e. The first-order valence-electron chi connectivity index (χ1n) is 4.60. The fraction of sp³-hybridized carbons (Fsp3) is 0.364. The van der Waals surface area contributed by atoms with Crippen molar-refractivity contribution >= 4 is 5.97 Å². The van der Waals surface area contributed by atoms with Crippen molar-refractivity contribution in [3.05, 3.63) is 23.8 Å². The van der Waals surface area contributed by atoms with Gasteiger partial charge in [0.25, 0.3) is 0 Å². The van der Waals surface area contributed by atoms with Crippen LogP contribution in [-0.2, 0) is 16.0 Å². The first-order chi connectivity index (χ1) is 7.17. The van der Waals surface area contributed by atoms with E-state index in [0.717, 1.165) is 5.56 Å². The number of hydrogen-bond donors (Lipinski definition) is 1. The van der Waals surface area contributed by atoms with Crippen molar-refractivity contribution in [1.82, 2.24) is 0 Å². The van der Waals surface area contributed by atoms with E-state index in [0.29, 0.717) is 18.6 Å². The van der Waals surface area contributed by atoms with Crippen molar-refractivity contribution in [1.29, 1.82) is 0 Å². The standard InChI is InChI=1S/C11H14O4/c1-14-10-5-3-8(7-9(10)12)4-6-11(13)15-2/h3,5,7,12H,4,6H2,1-2H3. The van der Waals surface area contributed by atoms with Gasteiger partial charge in [-0.05, 0) is 24.1 Å². The number of carbonyl (C=O) groups is 1. The molecule has 0 heterocycles. The lowest BCUT2D eigenvalue weighted by Gasteiger charge is -2.05. The molecule has 1 aromatic rings. The Balaban J connectivity index is 2.63. The highest BCUT2D eigenvalue weighted by Gasteiger charge is 2.05. The summed E-state index contributed by atoms with van der Waals surface area (Å²) in [6.45, 7) is 0. The molecule has 0 saturated carbocycles. The van der Waals surface area contributed by atoms with E-state index in [-0.39, 0.29) is 11.7 Å². The zero-order chi connectivity index (χ0) is 11.3. The number of hydrogen-bond acceptors (Lipinski definition) is 4. The van der Waals surface area contributed by atoms with E-state index >= 15 is 0 Å². The molecule has 82 valence electrons. The first kappa shape index (κ1) is 11.4. The minimum Gasteiger partial charge on any atom is -0.504 e. The summed E-state index contributed by atoms with van der Waals surface area (Å²) in [7, 11) is 2.84. The molecule has 4 nitrogen and oxygen atoms in total. The van der Waals surface area contributed by atoms with E-state index in [1.807, 2.05) is 6.07 Å². The van der Waals surface area contributed by atoms with Crippen LogP contribution in [0.3, 0.4) is 0 Å². The number of aryl methyl sites for hydroxylation is 1. The average molecular weight is 210 g/mol. The Morgan fingerprint density at radius 1 is 1.40 bits per heavy atom. The zero-order valence-corrected chi connectivity index (χ0v) is 8.82. The second kappa shape index (κ2) is 5.24. The molecule has 0 amide bonds. The Kier molecular flexibility index (Phi) is 3.97. The maximum atomic E-state index is 10.9. The number of aromatic hydroxyl groups is 1. The molecule has 0 atom stereocenters. The van der Waals surface area contributed by atoms with Crippen LogP contribution in [0.15, 0.2) is 18.2 Å². The van der Waals surface area contributed by atoms with Gasteiger partial charge in [0, 0.05) is 6.42 Å². The molecule has 0 aromatic heterocycles. The molecule has 1 aromatic carbocycles. The Hall–Kier alpha value is -1.71. The van der Waals surface area contributed by atoms with E-state index in [4.69, 9.17) is 4.74 Å². The number of phenols is 1. The summed E-state index contributed by atoms with van der Waals surface area (Å²) in [6.07, 6.45) is 0.854. The van der Waals surface area contributed by atoms with Gasteiger partial charge in [-0.3, -0.25) is 4.79 Å². The van der Waals surface area contributed by atoms with Gasteiger partial charge in [0.15, 0.2) is 11.5 Å². The number of benzene rings is 1. The Morgan fingerprint density at radius 2 is 2.13 bits per heavy atom. The van der Waals surface area contributed by atoms with Crippen LogP contribution in [0.1, 0.15) is 12.0 Å². The fourth-order valence-electron chi connectivity index (χ4n) is 1.24. The number of phenolic OH excluding ortho intramolecular Hbond substituents is 1. The summed E-state index contributed by atoms with van der Waals surface area (Å²) in [4.78, 5) is 10.9. The molecule has 0 aliphatic carbocycles. The lowest BCUT2D eigenvalue weighted by atomic mass is 10.1. The van der Waals surface area contributed by atoms with Crippen molar-refractivity contribution in [3.63, 3.8) is 0 Å². The molecule has 0 spiro atoms. The third kappa shape index (κ3) is 3.16. The van der Waals surface area contributed by atoms with Crippen molar-refractivity contribution in [2.24, 2.45) is 0 Å². The number of carbonyl (C=O) groups excluding carboxylic acids is 1. The highest BCUT2D eigenvalue weighted by Crippen LogP contribution is 2.26. The maximum Gasteiger partial charge on any atom is 0.305 e. The molecule has 0 radical (unpaired) electrons. The first-order valence-corrected chi connectivity index (χ1v) is 4.60. The molecule has 1 rings (SSSR count). The summed E-state index contributed by atoms with van der Waals surface area (Å²) in [5, 5.41) is 9.47. The summed E-state index contributed by atoms with van der Waals surface area (Å²) in [6, 6.07) is 5.06. The van der Waals surface area contributed by atoms with Gasteiger partial charge in [0.2, 0.25) is 0 Å². The van der Waals surface area contributed by atoms with Crippen LogP contribution < -0.4 is 4.74 Å². The van der Waals surface area contributed by atoms with Gasteiger partial charge in [0.1, 0.15) is 0 Å². The topological polar surface area (TPSA) is 55.8 Å². The van der Waals surface area contributed by atoms with E-state index in [1.165, 1.54) is 14.2 Å². The van der Waals surface area contributed by atoms with Crippen LogP contribution in [0.4, 0.5) is 0 Å². The number of esters is 1. The maximum absolute atomic E-state index is 10.9. The van der Waals surface area contributed by atoms with Gasteiger partial charge in [-0.25, -0.2) is 0 Å².